The fraction of sp³-hybridized carbons (Fsp3) is 0.778. The second-order valence-corrected chi connectivity index (χ2v) is 4.38. The number of hydrogen-bond acceptors (Lipinski definition) is 2. The molecule has 0 aliphatic heterocycles. The Balaban J connectivity index is 4.62. The van der Waals surface area contributed by atoms with Crippen LogP contribution < -0.4 is 5.32 Å². The van der Waals surface area contributed by atoms with Gasteiger partial charge in [-0.05, 0) is 13.8 Å². The molecule has 8 heteroatoms. The van der Waals surface area contributed by atoms with Gasteiger partial charge >= 0.3 is 12.3 Å². The third kappa shape index (κ3) is 4.89. The van der Waals surface area contributed by atoms with Crippen molar-refractivity contribution in [3.63, 3.8) is 0 Å². The Morgan fingerprint density at radius 3 is 2.12 bits per heavy atom. The number of alkyl halides is 5. The highest BCUT2D eigenvalue weighted by Crippen LogP contribution is 2.24. The van der Waals surface area contributed by atoms with Crippen molar-refractivity contribution in [2.75, 3.05) is 5.88 Å². The topological polar surface area (TPSA) is 46.2 Å². The summed E-state index contributed by atoms with van der Waals surface area (Å²) in [5.41, 5.74) is -1.36. The molecule has 0 radical (unpaired) electrons. The van der Waals surface area contributed by atoms with Crippen LogP contribution in [0.1, 0.15) is 20.3 Å². The molecule has 0 aromatic heterocycles. The molecule has 0 bridgehead atoms. The van der Waals surface area contributed by atoms with E-state index in [1.54, 1.807) is 5.32 Å². The van der Waals surface area contributed by atoms with Gasteiger partial charge in [0.25, 0.3) is 5.91 Å². The SMILES string of the molecule is CC(C)(CC(=O)CCl)NC(=O)C(F)(F)C(F)F. The Morgan fingerprint density at radius 1 is 1.29 bits per heavy atom. The Labute approximate surface area is 100 Å². The van der Waals surface area contributed by atoms with Gasteiger partial charge in [0, 0.05) is 12.0 Å². The molecule has 17 heavy (non-hydrogen) atoms. The van der Waals surface area contributed by atoms with E-state index >= 15 is 0 Å². The average molecular weight is 278 g/mol. The second kappa shape index (κ2) is 5.66. The van der Waals surface area contributed by atoms with Crippen molar-refractivity contribution in [2.45, 2.75) is 38.2 Å². The van der Waals surface area contributed by atoms with Crippen LogP contribution >= 0.6 is 11.6 Å². The van der Waals surface area contributed by atoms with Crippen LogP contribution in [0, 0.1) is 0 Å². The van der Waals surface area contributed by atoms with E-state index in [9.17, 15) is 27.2 Å². The second-order valence-electron chi connectivity index (χ2n) is 4.11. The van der Waals surface area contributed by atoms with E-state index in [0.29, 0.717) is 0 Å². The molecular weight excluding hydrogens is 266 g/mol. The molecule has 0 rings (SSSR count). The molecule has 0 aromatic carbocycles. The molecule has 1 amide bonds. The molecule has 0 spiro atoms. The van der Waals surface area contributed by atoms with Crippen molar-refractivity contribution in [3.05, 3.63) is 0 Å². The van der Waals surface area contributed by atoms with Crippen LogP contribution in [0.25, 0.3) is 0 Å². The van der Waals surface area contributed by atoms with Crippen molar-refractivity contribution in [2.24, 2.45) is 0 Å². The van der Waals surface area contributed by atoms with Gasteiger partial charge in [-0.15, -0.1) is 11.6 Å². The van der Waals surface area contributed by atoms with Crippen LogP contribution in [-0.4, -0.2) is 35.5 Å². The van der Waals surface area contributed by atoms with Gasteiger partial charge in [0.1, 0.15) is 5.78 Å². The molecule has 0 heterocycles. The van der Waals surface area contributed by atoms with Gasteiger partial charge in [-0.2, -0.15) is 8.78 Å². The van der Waals surface area contributed by atoms with E-state index in [1.165, 1.54) is 13.8 Å². The average Bonchev–Trinajstić information content (AvgIpc) is 2.15. The van der Waals surface area contributed by atoms with Crippen LogP contribution in [0.2, 0.25) is 0 Å². The number of ketones is 1. The van der Waals surface area contributed by atoms with Crippen molar-refractivity contribution in [1.82, 2.24) is 5.32 Å². The summed E-state index contributed by atoms with van der Waals surface area (Å²) < 4.78 is 49.0. The molecule has 0 aliphatic carbocycles. The lowest BCUT2D eigenvalue weighted by atomic mass is 9.97. The van der Waals surface area contributed by atoms with E-state index in [4.69, 9.17) is 11.6 Å². The monoisotopic (exact) mass is 277 g/mol. The van der Waals surface area contributed by atoms with E-state index in [-0.39, 0.29) is 12.3 Å². The molecule has 100 valence electrons. The first-order valence-corrected chi connectivity index (χ1v) is 5.12. The number of Topliss-reactive ketones (excluding diaryl/α,β-unsaturated/α-hetero) is 1. The molecule has 0 atom stereocenters. The maximum Gasteiger partial charge on any atom is 0.383 e. The van der Waals surface area contributed by atoms with Crippen LogP contribution in [0.15, 0.2) is 0 Å². The van der Waals surface area contributed by atoms with E-state index < -0.39 is 29.6 Å². The lowest BCUT2D eigenvalue weighted by Crippen LogP contribution is -2.53. The predicted octanol–water partition coefficient (Wildman–Crippen LogP) is 1.98. The molecule has 0 unspecified atom stereocenters. The van der Waals surface area contributed by atoms with Crippen molar-refractivity contribution in [3.8, 4) is 0 Å². The van der Waals surface area contributed by atoms with Crippen LogP contribution in [-0.2, 0) is 9.59 Å². The maximum absolute atomic E-state index is 12.6. The summed E-state index contributed by atoms with van der Waals surface area (Å²) in [4.78, 5) is 21.9. The zero-order valence-electron chi connectivity index (χ0n) is 9.20. The van der Waals surface area contributed by atoms with Gasteiger partial charge in [0.15, 0.2) is 0 Å². The summed E-state index contributed by atoms with van der Waals surface area (Å²) >= 11 is 5.20. The Kier molecular flexibility index (Phi) is 5.38. The first kappa shape index (κ1) is 16.1. The van der Waals surface area contributed by atoms with Gasteiger partial charge < -0.3 is 5.32 Å². The fourth-order valence-corrected chi connectivity index (χ4v) is 1.17. The van der Waals surface area contributed by atoms with Crippen LogP contribution in [0.4, 0.5) is 17.6 Å². The summed E-state index contributed by atoms with van der Waals surface area (Å²) in [5.74, 6) is -7.72. The highest BCUT2D eigenvalue weighted by molar-refractivity contribution is 6.27. The number of nitrogens with one attached hydrogen (secondary N) is 1. The minimum atomic E-state index is -4.78. The number of amides is 1. The largest absolute Gasteiger partial charge is 0.383 e. The third-order valence-corrected chi connectivity index (χ3v) is 2.11. The minimum absolute atomic E-state index is 0.318. The third-order valence-electron chi connectivity index (χ3n) is 1.82. The van der Waals surface area contributed by atoms with Gasteiger partial charge in [-0.3, -0.25) is 9.59 Å². The van der Waals surface area contributed by atoms with Crippen LogP contribution in [0.5, 0.6) is 0 Å². The van der Waals surface area contributed by atoms with Gasteiger partial charge in [0.2, 0.25) is 0 Å². The molecular formula is C9H12ClF4NO2. The summed E-state index contributed by atoms with van der Waals surface area (Å²) in [5, 5.41) is 1.69. The Bertz CT molecular complexity index is 307. The summed E-state index contributed by atoms with van der Waals surface area (Å²) in [6.45, 7) is 2.52. The number of halogens is 5. The Morgan fingerprint density at radius 2 is 1.76 bits per heavy atom. The number of carbonyl (C=O) groups excluding carboxylic acids is 2. The smallest absolute Gasteiger partial charge is 0.345 e. The molecule has 1 N–H and O–H groups in total. The quantitative estimate of drug-likeness (QED) is 0.596. The first-order chi connectivity index (χ1) is 7.53. The van der Waals surface area contributed by atoms with Crippen molar-refractivity contribution >= 4 is 23.3 Å². The fourth-order valence-electron chi connectivity index (χ4n) is 1.07. The minimum Gasteiger partial charge on any atom is -0.345 e. The highest BCUT2D eigenvalue weighted by atomic mass is 35.5. The van der Waals surface area contributed by atoms with Crippen molar-refractivity contribution < 1.29 is 27.2 Å². The molecule has 0 saturated heterocycles. The number of hydrogen-bond donors (Lipinski definition) is 1. The molecule has 0 aromatic rings. The Hall–Kier alpha value is -0.850. The van der Waals surface area contributed by atoms with E-state index in [0.717, 1.165) is 0 Å². The number of rotatable bonds is 6. The maximum atomic E-state index is 12.6. The zero-order valence-corrected chi connectivity index (χ0v) is 9.95. The molecule has 0 aliphatic rings. The van der Waals surface area contributed by atoms with Crippen molar-refractivity contribution in [1.29, 1.82) is 0 Å². The first-order valence-electron chi connectivity index (χ1n) is 4.59. The van der Waals surface area contributed by atoms with Gasteiger partial charge in [-0.25, -0.2) is 8.78 Å². The van der Waals surface area contributed by atoms with Crippen LogP contribution in [0.3, 0.4) is 0 Å². The van der Waals surface area contributed by atoms with E-state index in [2.05, 4.69) is 0 Å². The summed E-state index contributed by atoms with van der Waals surface area (Å²) in [6.07, 6.45) is -4.41. The normalized spacial score (nSPS) is 12.7. The summed E-state index contributed by atoms with van der Waals surface area (Å²) in [6, 6.07) is 0. The number of carbonyl (C=O) groups is 2. The van der Waals surface area contributed by atoms with Gasteiger partial charge in [0.05, 0.1) is 5.88 Å². The highest BCUT2D eigenvalue weighted by Gasteiger charge is 2.50. The zero-order chi connectivity index (χ0) is 13.9. The molecule has 0 fully saturated rings. The summed E-state index contributed by atoms with van der Waals surface area (Å²) in [7, 11) is 0. The van der Waals surface area contributed by atoms with Gasteiger partial charge in [-0.1, -0.05) is 0 Å². The molecule has 3 nitrogen and oxygen atoms in total. The predicted molar refractivity (Wildman–Crippen MR) is 53.5 cm³/mol. The van der Waals surface area contributed by atoms with E-state index in [1.807, 2.05) is 0 Å². The standard InChI is InChI=1S/C9H12ClF4NO2/c1-8(2,3-5(16)4-10)15-7(17)9(13,14)6(11)12/h6H,3-4H2,1-2H3,(H,15,17). The molecule has 0 saturated carbocycles. The lowest BCUT2D eigenvalue weighted by molar-refractivity contribution is -0.171. The lowest BCUT2D eigenvalue weighted by Gasteiger charge is -2.27.